The summed E-state index contributed by atoms with van der Waals surface area (Å²) in [5.41, 5.74) is 7.69. The van der Waals surface area contributed by atoms with Gasteiger partial charge in [-0.25, -0.2) is 0 Å². The Hall–Kier alpha value is -1.22. The van der Waals surface area contributed by atoms with Gasteiger partial charge in [0.15, 0.2) is 11.5 Å². The fourth-order valence-corrected chi connectivity index (χ4v) is 3.78. The Morgan fingerprint density at radius 1 is 1.05 bits per heavy atom. The van der Waals surface area contributed by atoms with Gasteiger partial charge in [-0.1, -0.05) is 19.9 Å². The average Bonchev–Trinajstić information content (AvgIpc) is 2.39. The molecule has 1 aromatic rings. The molecule has 1 fully saturated rings. The van der Waals surface area contributed by atoms with Crippen LogP contribution in [0.2, 0.25) is 0 Å². The fraction of sp³-hybridized carbons (Fsp3) is 0.667. The number of ether oxygens (including phenoxy) is 2. The van der Waals surface area contributed by atoms with Crippen molar-refractivity contribution in [3.63, 3.8) is 0 Å². The maximum Gasteiger partial charge on any atom is 0.161 e. The highest BCUT2D eigenvalue weighted by molar-refractivity contribution is 5.45. The normalized spacial score (nSPS) is 29.2. The van der Waals surface area contributed by atoms with Crippen molar-refractivity contribution < 1.29 is 9.47 Å². The first-order chi connectivity index (χ1) is 9.98. The molecule has 1 saturated carbocycles. The predicted molar refractivity (Wildman–Crippen MR) is 86.8 cm³/mol. The van der Waals surface area contributed by atoms with E-state index in [1.807, 2.05) is 19.9 Å². The third-order valence-corrected chi connectivity index (χ3v) is 4.35. The average molecular weight is 291 g/mol. The van der Waals surface area contributed by atoms with E-state index in [4.69, 9.17) is 15.2 Å². The molecule has 1 aliphatic rings. The van der Waals surface area contributed by atoms with Crippen molar-refractivity contribution in [2.24, 2.45) is 17.6 Å². The van der Waals surface area contributed by atoms with E-state index in [1.165, 1.54) is 12.0 Å². The minimum atomic E-state index is -0.242. The molecule has 0 heterocycles. The van der Waals surface area contributed by atoms with Crippen LogP contribution in [0.5, 0.6) is 11.5 Å². The van der Waals surface area contributed by atoms with Crippen molar-refractivity contribution in [2.75, 3.05) is 13.2 Å². The number of benzene rings is 1. The Morgan fingerprint density at radius 3 is 2.19 bits per heavy atom. The minimum absolute atomic E-state index is 0.242. The third-order valence-electron chi connectivity index (χ3n) is 4.35. The van der Waals surface area contributed by atoms with Crippen LogP contribution < -0.4 is 15.2 Å². The summed E-state index contributed by atoms with van der Waals surface area (Å²) >= 11 is 0. The molecule has 0 aromatic heterocycles. The minimum Gasteiger partial charge on any atom is -0.490 e. The van der Waals surface area contributed by atoms with Crippen LogP contribution in [0.4, 0.5) is 0 Å². The van der Waals surface area contributed by atoms with Crippen LogP contribution in [0.15, 0.2) is 18.2 Å². The van der Waals surface area contributed by atoms with Gasteiger partial charge in [-0.05, 0) is 62.6 Å². The molecule has 2 N–H and O–H groups in total. The topological polar surface area (TPSA) is 44.5 Å². The summed E-state index contributed by atoms with van der Waals surface area (Å²) < 4.78 is 11.4. The Morgan fingerprint density at radius 2 is 1.62 bits per heavy atom. The van der Waals surface area contributed by atoms with E-state index >= 15 is 0 Å². The van der Waals surface area contributed by atoms with Gasteiger partial charge >= 0.3 is 0 Å². The molecule has 2 unspecified atom stereocenters. The maximum atomic E-state index is 6.75. The van der Waals surface area contributed by atoms with Gasteiger partial charge in [0.05, 0.1) is 13.2 Å². The standard InChI is InChI=1S/C18H29NO2/c1-5-20-16-8-7-15(10-17(16)21-6-2)18(19)11-13(3)9-14(4)12-18/h7-8,10,13-14H,5-6,9,11-12,19H2,1-4H3. The SMILES string of the molecule is CCOc1ccc(C2(N)CC(C)CC(C)C2)cc1OCC. The zero-order valence-corrected chi connectivity index (χ0v) is 13.8. The van der Waals surface area contributed by atoms with Gasteiger partial charge in [0.25, 0.3) is 0 Å². The van der Waals surface area contributed by atoms with Crippen molar-refractivity contribution in [1.82, 2.24) is 0 Å². The Bertz CT molecular complexity index is 462. The number of rotatable bonds is 5. The van der Waals surface area contributed by atoms with Gasteiger partial charge < -0.3 is 15.2 Å². The quantitative estimate of drug-likeness (QED) is 0.888. The fourth-order valence-electron chi connectivity index (χ4n) is 3.78. The predicted octanol–water partition coefficient (Wildman–Crippen LogP) is 4.09. The van der Waals surface area contributed by atoms with Gasteiger partial charge in [0, 0.05) is 5.54 Å². The molecular weight excluding hydrogens is 262 g/mol. The zero-order valence-electron chi connectivity index (χ0n) is 13.8. The molecule has 0 bridgehead atoms. The monoisotopic (exact) mass is 291 g/mol. The van der Waals surface area contributed by atoms with Crippen LogP contribution in [-0.2, 0) is 5.54 Å². The second-order valence-corrected chi connectivity index (χ2v) is 6.54. The summed E-state index contributed by atoms with van der Waals surface area (Å²) in [6.45, 7) is 9.85. The zero-order chi connectivity index (χ0) is 15.5. The van der Waals surface area contributed by atoms with Gasteiger partial charge in [-0.15, -0.1) is 0 Å². The molecule has 3 heteroatoms. The van der Waals surface area contributed by atoms with Gasteiger partial charge in [-0.2, -0.15) is 0 Å². The summed E-state index contributed by atoms with van der Waals surface area (Å²) in [4.78, 5) is 0. The van der Waals surface area contributed by atoms with Crippen molar-refractivity contribution >= 4 is 0 Å². The molecule has 1 aromatic carbocycles. The van der Waals surface area contributed by atoms with E-state index in [1.54, 1.807) is 0 Å². The number of hydrogen-bond donors (Lipinski definition) is 1. The van der Waals surface area contributed by atoms with Crippen LogP contribution in [0.3, 0.4) is 0 Å². The van der Waals surface area contributed by atoms with E-state index in [9.17, 15) is 0 Å². The Labute approximate surface area is 128 Å². The number of hydrogen-bond acceptors (Lipinski definition) is 3. The van der Waals surface area contributed by atoms with Crippen molar-refractivity contribution in [3.05, 3.63) is 23.8 Å². The number of nitrogens with two attached hydrogens (primary N) is 1. The maximum absolute atomic E-state index is 6.75. The van der Waals surface area contributed by atoms with E-state index in [2.05, 4.69) is 26.0 Å². The first-order valence-electron chi connectivity index (χ1n) is 8.17. The van der Waals surface area contributed by atoms with E-state index < -0.39 is 0 Å². The van der Waals surface area contributed by atoms with Gasteiger partial charge in [0.2, 0.25) is 0 Å². The molecular formula is C18H29NO2. The van der Waals surface area contributed by atoms with E-state index in [-0.39, 0.29) is 5.54 Å². The summed E-state index contributed by atoms with van der Waals surface area (Å²) in [6.07, 6.45) is 3.35. The first kappa shape index (κ1) is 16.2. The third kappa shape index (κ3) is 3.70. The molecule has 2 rings (SSSR count). The Balaban J connectivity index is 2.32. The summed E-state index contributed by atoms with van der Waals surface area (Å²) in [6, 6.07) is 6.19. The molecule has 21 heavy (non-hydrogen) atoms. The molecule has 0 aliphatic heterocycles. The molecule has 3 nitrogen and oxygen atoms in total. The highest BCUT2D eigenvalue weighted by Gasteiger charge is 2.36. The summed E-state index contributed by atoms with van der Waals surface area (Å²) in [7, 11) is 0. The largest absolute Gasteiger partial charge is 0.490 e. The van der Waals surface area contributed by atoms with E-state index in [0.717, 1.165) is 24.3 Å². The van der Waals surface area contributed by atoms with Crippen molar-refractivity contribution in [1.29, 1.82) is 0 Å². The molecule has 1 aliphatic carbocycles. The molecule has 0 amide bonds. The highest BCUT2D eigenvalue weighted by Crippen LogP contribution is 2.42. The Kier molecular flexibility index (Phi) is 5.15. The lowest BCUT2D eigenvalue weighted by atomic mass is 9.69. The molecule has 0 saturated heterocycles. The van der Waals surface area contributed by atoms with Crippen LogP contribution in [0.25, 0.3) is 0 Å². The summed E-state index contributed by atoms with van der Waals surface area (Å²) in [5.74, 6) is 2.96. The molecule has 2 atom stereocenters. The van der Waals surface area contributed by atoms with Crippen LogP contribution in [0.1, 0.15) is 52.5 Å². The van der Waals surface area contributed by atoms with Crippen LogP contribution in [0, 0.1) is 11.8 Å². The van der Waals surface area contributed by atoms with Crippen LogP contribution >= 0.6 is 0 Å². The molecule has 118 valence electrons. The second-order valence-electron chi connectivity index (χ2n) is 6.54. The molecule has 0 spiro atoms. The first-order valence-corrected chi connectivity index (χ1v) is 8.17. The lowest BCUT2D eigenvalue weighted by Gasteiger charge is -2.40. The summed E-state index contributed by atoms with van der Waals surface area (Å²) in [5, 5.41) is 0. The lowest BCUT2D eigenvalue weighted by Crippen LogP contribution is -2.43. The van der Waals surface area contributed by atoms with Crippen LogP contribution in [-0.4, -0.2) is 13.2 Å². The van der Waals surface area contributed by atoms with E-state index in [0.29, 0.717) is 25.0 Å². The van der Waals surface area contributed by atoms with Gasteiger partial charge in [-0.3, -0.25) is 0 Å². The second kappa shape index (κ2) is 6.69. The molecule has 0 radical (unpaired) electrons. The smallest absolute Gasteiger partial charge is 0.161 e. The van der Waals surface area contributed by atoms with Crippen molar-refractivity contribution in [2.45, 2.75) is 52.5 Å². The highest BCUT2D eigenvalue weighted by atomic mass is 16.5. The van der Waals surface area contributed by atoms with Crippen molar-refractivity contribution in [3.8, 4) is 11.5 Å². The van der Waals surface area contributed by atoms with Gasteiger partial charge in [0.1, 0.15) is 0 Å². The lowest BCUT2D eigenvalue weighted by molar-refractivity contribution is 0.183.